The van der Waals surface area contributed by atoms with E-state index in [4.69, 9.17) is 4.74 Å². The van der Waals surface area contributed by atoms with Gasteiger partial charge in [0, 0.05) is 69.8 Å². The van der Waals surface area contributed by atoms with E-state index in [0.29, 0.717) is 36.6 Å². The molecule has 0 bridgehead atoms. The van der Waals surface area contributed by atoms with E-state index < -0.39 is 0 Å². The molecule has 0 radical (unpaired) electrons. The van der Waals surface area contributed by atoms with Crippen LogP contribution in [0.1, 0.15) is 44.1 Å². The predicted molar refractivity (Wildman–Crippen MR) is 112 cm³/mol. The minimum absolute atomic E-state index is 0.228. The molecular weight excluding hydrogens is 385 g/mol. The lowest BCUT2D eigenvalue weighted by atomic mass is 9.83. The van der Waals surface area contributed by atoms with Gasteiger partial charge in [0.2, 0.25) is 11.8 Å². The largest absolute Gasteiger partial charge is 0.497 e. The van der Waals surface area contributed by atoms with Crippen LogP contribution in [0.4, 0.5) is 4.39 Å². The van der Waals surface area contributed by atoms with Crippen molar-refractivity contribution in [2.24, 2.45) is 5.92 Å². The van der Waals surface area contributed by atoms with Crippen molar-refractivity contribution in [1.29, 1.82) is 0 Å². The molecule has 0 spiro atoms. The average molecular weight is 418 g/mol. The van der Waals surface area contributed by atoms with E-state index in [1.807, 2.05) is 4.90 Å². The molecule has 0 aromatic heterocycles. The Morgan fingerprint density at radius 1 is 1.10 bits per heavy atom. The zero-order chi connectivity index (χ0) is 21.1. The summed E-state index contributed by atoms with van der Waals surface area (Å²) in [5.41, 5.74) is 0.688. The van der Waals surface area contributed by atoms with E-state index in [-0.39, 0.29) is 23.7 Å². The number of likely N-dealkylation sites (tertiary alicyclic amines) is 3. The van der Waals surface area contributed by atoms with Crippen LogP contribution in [0.2, 0.25) is 0 Å². The standard InChI is InChI=1S/C23H32FN3O3/c1-30-19-7-5-17(20(24)14-19)15-25-13-9-21-18(16-25)6-8-23(29)27(21)12-3-11-26-10-2-4-22(26)28/h5,7,14,18,21H,2-4,6,8-13,15-16H2,1H3/t18-,21+/m1/s1. The maximum Gasteiger partial charge on any atom is 0.222 e. The number of amides is 2. The van der Waals surface area contributed by atoms with Gasteiger partial charge in [-0.1, -0.05) is 6.07 Å². The second kappa shape index (κ2) is 9.33. The van der Waals surface area contributed by atoms with E-state index in [1.165, 1.54) is 6.07 Å². The molecule has 0 unspecified atom stereocenters. The third-order valence-corrected chi connectivity index (χ3v) is 6.88. The summed E-state index contributed by atoms with van der Waals surface area (Å²) in [5, 5.41) is 0. The maximum absolute atomic E-state index is 14.3. The molecule has 3 saturated heterocycles. The van der Waals surface area contributed by atoms with Gasteiger partial charge >= 0.3 is 0 Å². The Bertz CT molecular complexity index is 787. The van der Waals surface area contributed by atoms with Crippen molar-refractivity contribution in [1.82, 2.24) is 14.7 Å². The molecule has 3 aliphatic rings. The molecule has 1 aromatic rings. The average Bonchev–Trinajstić information content (AvgIpc) is 3.16. The van der Waals surface area contributed by atoms with E-state index in [0.717, 1.165) is 58.4 Å². The Morgan fingerprint density at radius 3 is 2.70 bits per heavy atom. The molecule has 7 heteroatoms. The number of benzene rings is 1. The number of hydrogen-bond acceptors (Lipinski definition) is 4. The molecule has 1 aromatic carbocycles. The molecule has 3 fully saturated rings. The van der Waals surface area contributed by atoms with Crippen LogP contribution in [0, 0.1) is 11.7 Å². The Labute approximate surface area is 177 Å². The van der Waals surface area contributed by atoms with Gasteiger partial charge in [-0.2, -0.15) is 0 Å². The number of halogens is 1. The van der Waals surface area contributed by atoms with Crippen molar-refractivity contribution in [2.45, 2.75) is 51.1 Å². The Balaban J connectivity index is 1.32. The SMILES string of the molecule is COc1ccc(CN2CC[C@H]3[C@H](CCC(=O)N3CCCN3CCCC3=O)C2)c(F)c1. The molecular formula is C23H32FN3O3. The summed E-state index contributed by atoms with van der Waals surface area (Å²) in [6, 6.07) is 5.32. The number of rotatable bonds is 7. The smallest absolute Gasteiger partial charge is 0.222 e. The van der Waals surface area contributed by atoms with Crippen molar-refractivity contribution >= 4 is 11.8 Å². The maximum atomic E-state index is 14.3. The van der Waals surface area contributed by atoms with E-state index >= 15 is 0 Å². The van der Waals surface area contributed by atoms with Crippen LogP contribution in [-0.2, 0) is 16.1 Å². The summed E-state index contributed by atoms with van der Waals surface area (Å²) < 4.78 is 19.4. The van der Waals surface area contributed by atoms with Crippen molar-refractivity contribution in [3.05, 3.63) is 29.6 Å². The highest BCUT2D eigenvalue weighted by atomic mass is 19.1. The van der Waals surface area contributed by atoms with Crippen molar-refractivity contribution in [3.63, 3.8) is 0 Å². The van der Waals surface area contributed by atoms with Gasteiger partial charge in [-0.05, 0) is 37.7 Å². The van der Waals surface area contributed by atoms with Crippen LogP contribution in [0.5, 0.6) is 5.75 Å². The molecule has 164 valence electrons. The Morgan fingerprint density at radius 2 is 1.97 bits per heavy atom. The number of carbonyl (C=O) groups excluding carboxylic acids is 2. The molecule has 0 saturated carbocycles. The first kappa shape index (κ1) is 21.1. The third-order valence-electron chi connectivity index (χ3n) is 6.88. The minimum Gasteiger partial charge on any atom is -0.497 e. The lowest BCUT2D eigenvalue weighted by Crippen LogP contribution is -2.56. The van der Waals surface area contributed by atoms with Gasteiger partial charge in [-0.15, -0.1) is 0 Å². The number of methoxy groups -OCH3 is 1. The summed E-state index contributed by atoms with van der Waals surface area (Å²) in [4.78, 5) is 30.7. The number of piperidine rings is 2. The molecule has 3 aliphatic heterocycles. The molecule has 30 heavy (non-hydrogen) atoms. The first-order valence-electron chi connectivity index (χ1n) is 11.2. The normalized spacial score (nSPS) is 25.0. The zero-order valence-corrected chi connectivity index (χ0v) is 17.8. The fourth-order valence-electron chi connectivity index (χ4n) is 5.26. The van der Waals surface area contributed by atoms with Gasteiger partial charge in [0.15, 0.2) is 0 Å². The molecule has 4 rings (SSSR count). The summed E-state index contributed by atoms with van der Waals surface area (Å²) in [5.74, 6) is 1.24. The van der Waals surface area contributed by atoms with Crippen LogP contribution in [0.15, 0.2) is 18.2 Å². The third kappa shape index (κ3) is 4.61. The molecule has 6 nitrogen and oxygen atoms in total. The van der Waals surface area contributed by atoms with Crippen molar-refractivity contribution in [3.8, 4) is 5.75 Å². The highest BCUT2D eigenvalue weighted by Crippen LogP contribution is 2.32. The van der Waals surface area contributed by atoms with Gasteiger partial charge in [0.1, 0.15) is 11.6 Å². The second-order valence-electron chi connectivity index (χ2n) is 8.77. The van der Waals surface area contributed by atoms with Crippen LogP contribution in [0.25, 0.3) is 0 Å². The van der Waals surface area contributed by atoms with E-state index in [9.17, 15) is 14.0 Å². The van der Waals surface area contributed by atoms with Crippen LogP contribution in [0.3, 0.4) is 0 Å². The van der Waals surface area contributed by atoms with Crippen LogP contribution in [-0.4, -0.2) is 72.4 Å². The van der Waals surface area contributed by atoms with Crippen molar-refractivity contribution < 1.29 is 18.7 Å². The van der Waals surface area contributed by atoms with E-state index in [2.05, 4.69) is 9.80 Å². The second-order valence-corrected chi connectivity index (χ2v) is 8.77. The Kier molecular flexibility index (Phi) is 6.56. The molecule has 2 amide bonds. The van der Waals surface area contributed by atoms with Gasteiger partial charge in [0.25, 0.3) is 0 Å². The molecule has 0 aliphatic carbocycles. The first-order chi connectivity index (χ1) is 14.5. The Hall–Kier alpha value is -2.15. The van der Waals surface area contributed by atoms with Gasteiger partial charge in [-0.25, -0.2) is 4.39 Å². The highest BCUT2D eigenvalue weighted by molar-refractivity contribution is 5.78. The van der Waals surface area contributed by atoms with Crippen molar-refractivity contribution in [2.75, 3.05) is 39.8 Å². The fourth-order valence-corrected chi connectivity index (χ4v) is 5.26. The zero-order valence-electron chi connectivity index (χ0n) is 17.8. The topological polar surface area (TPSA) is 53.1 Å². The molecule has 2 atom stereocenters. The summed E-state index contributed by atoms with van der Waals surface area (Å²) >= 11 is 0. The number of carbonyl (C=O) groups is 2. The number of nitrogens with zero attached hydrogens (tertiary/aromatic N) is 3. The van der Waals surface area contributed by atoms with Gasteiger partial charge in [0.05, 0.1) is 7.11 Å². The number of fused-ring (bicyclic) bond motifs is 1. The predicted octanol–water partition coefficient (Wildman–Crippen LogP) is 2.66. The summed E-state index contributed by atoms with van der Waals surface area (Å²) in [6.45, 7) is 4.69. The monoisotopic (exact) mass is 417 g/mol. The summed E-state index contributed by atoms with van der Waals surface area (Å²) in [7, 11) is 1.54. The molecule has 3 heterocycles. The van der Waals surface area contributed by atoms with Gasteiger partial charge in [-0.3, -0.25) is 14.5 Å². The summed E-state index contributed by atoms with van der Waals surface area (Å²) in [6.07, 6.45) is 4.90. The van der Waals surface area contributed by atoms with Gasteiger partial charge < -0.3 is 14.5 Å². The van der Waals surface area contributed by atoms with Crippen LogP contribution >= 0.6 is 0 Å². The molecule has 0 N–H and O–H groups in total. The number of hydrogen-bond donors (Lipinski definition) is 0. The van der Waals surface area contributed by atoms with Crippen LogP contribution < -0.4 is 4.74 Å². The first-order valence-corrected chi connectivity index (χ1v) is 11.2. The fraction of sp³-hybridized carbons (Fsp3) is 0.652. The highest BCUT2D eigenvalue weighted by Gasteiger charge is 2.39. The number of ether oxygens (including phenoxy) is 1. The quantitative estimate of drug-likeness (QED) is 0.685. The lowest BCUT2D eigenvalue weighted by Gasteiger charge is -2.47. The van der Waals surface area contributed by atoms with E-state index in [1.54, 1.807) is 19.2 Å². The minimum atomic E-state index is -0.228. The lowest BCUT2D eigenvalue weighted by molar-refractivity contribution is -0.141.